The molecule has 0 radical (unpaired) electrons. The number of nitrogens with zero attached hydrogens (tertiary/aromatic N) is 2. The number of benzene rings is 1. The van der Waals surface area contributed by atoms with Gasteiger partial charge in [-0.1, -0.05) is 11.6 Å². The fourth-order valence-corrected chi connectivity index (χ4v) is 2.20. The molecule has 106 valence electrons. The Morgan fingerprint density at radius 1 is 1.50 bits per heavy atom. The number of thiazole rings is 1. The van der Waals surface area contributed by atoms with E-state index in [0.29, 0.717) is 15.7 Å². The molecule has 0 atom stereocenters. The van der Waals surface area contributed by atoms with Crippen molar-refractivity contribution in [2.24, 2.45) is 5.10 Å². The predicted molar refractivity (Wildman–Crippen MR) is 76.2 cm³/mol. The Hall–Kier alpha value is -1.73. The molecular formula is C12H10ClF2N3OS. The normalized spacial score (nSPS) is 11.2. The average Bonchev–Trinajstić information content (AvgIpc) is 2.78. The van der Waals surface area contributed by atoms with Gasteiger partial charge >= 0.3 is 6.61 Å². The van der Waals surface area contributed by atoms with Crippen LogP contribution in [0.1, 0.15) is 11.3 Å². The van der Waals surface area contributed by atoms with Crippen LogP contribution in [0.2, 0.25) is 5.02 Å². The Kier molecular flexibility index (Phi) is 4.86. The number of aryl methyl sites for hydroxylation is 1. The van der Waals surface area contributed by atoms with Crippen LogP contribution in [0, 0.1) is 6.92 Å². The van der Waals surface area contributed by atoms with E-state index in [1.54, 1.807) is 0 Å². The van der Waals surface area contributed by atoms with Gasteiger partial charge in [-0.25, -0.2) is 4.98 Å². The van der Waals surface area contributed by atoms with Crippen LogP contribution in [0.4, 0.5) is 13.9 Å². The van der Waals surface area contributed by atoms with Gasteiger partial charge < -0.3 is 4.74 Å². The average molecular weight is 318 g/mol. The number of hydrogen-bond donors (Lipinski definition) is 1. The van der Waals surface area contributed by atoms with E-state index < -0.39 is 6.61 Å². The third-order valence-electron chi connectivity index (χ3n) is 2.17. The number of halogens is 3. The molecule has 0 bridgehead atoms. The number of hydrogen-bond acceptors (Lipinski definition) is 5. The molecule has 1 N–H and O–H groups in total. The van der Waals surface area contributed by atoms with E-state index in [2.05, 4.69) is 20.2 Å². The summed E-state index contributed by atoms with van der Waals surface area (Å²) in [6.45, 7) is -1.05. The van der Waals surface area contributed by atoms with Crippen LogP contribution in [0.15, 0.2) is 28.7 Å². The number of ether oxygens (including phenoxy) is 1. The van der Waals surface area contributed by atoms with Crippen LogP contribution < -0.4 is 10.2 Å². The lowest BCUT2D eigenvalue weighted by atomic mass is 10.2. The molecule has 0 spiro atoms. The van der Waals surface area contributed by atoms with E-state index in [0.717, 1.165) is 5.69 Å². The maximum Gasteiger partial charge on any atom is 0.387 e. The van der Waals surface area contributed by atoms with Gasteiger partial charge in [0.15, 0.2) is 0 Å². The van der Waals surface area contributed by atoms with Crippen molar-refractivity contribution >= 4 is 34.3 Å². The zero-order chi connectivity index (χ0) is 14.5. The molecule has 1 aromatic heterocycles. The van der Waals surface area contributed by atoms with E-state index in [1.165, 1.54) is 35.8 Å². The van der Waals surface area contributed by atoms with E-state index >= 15 is 0 Å². The fourth-order valence-electron chi connectivity index (χ4n) is 1.39. The molecule has 1 heterocycles. The molecule has 0 unspecified atom stereocenters. The highest BCUT2D eigenvalue weighted by Crippen LogP contribution is 2.23. The zero-order valence-corrected chi connectivity index (χ0v) is 11.9. The SMILES string of the molecule is Cc1csc(NN=Cc2cc(Cl)ccc2OC(F)F)n1. The Bertz CT molecular complexity index is 618. The van der Waals surface area contributed by atoms with Crippen molar-refractivity contribution in [3.63, 3.8) is 0 Å². The van der Waals surface area contributed by atoms with Crippen molar-refractivity contribution in [1.29, 1.82) is 0 Å². The van der Waals surface area contributed by atoms with Crippen LogP contribution in [0.25, 0.3) is 0 Å². The van der Waals surface area contributed by atoms with Gasteiger partial charge in [-0.2, -0.15) is 13.9 Å². The van der Waals surface area contributed by atoms with Crippen molar-refractivity contribution in [3.05, 3.63) is 39.9 Å². The summed E-state index contributed by atoms with van der Waals surface area (Å²) < 4.78 is 28.9. The minimum absolute atomic E-state index is 0.00488. The minimum atomic E-state index is -2.90. The molecule has 0 aliphatic carbocycles. The molecule has 0 amide bonds. The van der Waals surface area contributed by atoms with Crippen molar-refractivity contribution in [1.82, 2.24) is 4.98 Å². The quantitative estimate of drug-likeness (QED) is 0.665. The third-order valence-corrected chi connectivity index (χ3v) is 3.27. The summed E-state index contributed by atoms with van der Waals surface area (Å²) in [7, 11) is 0. The summed E-state index contributed by atoms with van der Waals surface area (Å²) in [4.78, 5) is 4.15. The molecular weight excluding hydrogens is 308 g/mol. The first-order valence-corrected chi connectivity index (χ1v) is 6.76. The molecule has 0 aliphatic heterocycles. The van der Waals surface area contributed by atoms with Crippen molar-refractivity contribution in [2.45, 2.75) is 13.5 Å². The van der Waals surface area contributed by atoms with Crippen LogP contribution in [-0.4, -0.2) is 17.8 Å². The lowest BCUT2D eigenvalue weighted by molar-refractivity contribution is -0.0499. The molecule has 1 aromatic carbocycles. The summed E-state index contributed by atoms with van der Waals surface area (Å²) in [6, 6.07) is 4.31. The molecule has 0 saturated carbocycles. The molecule has 4 nitrogen and oxygen atoms in total. The highest BCUT2D eigenvalue weighted by molar-refractivity contribution is 7.13. The van der Waals surface area contributed by atoms with Crippen molar-refractivity contribution < 1.29 is 13.5 Å². The van der Waals surface area contributed by atoms with E-state index in [1.807, 2.05) is 12.3 Å². The predicted octanol–water partition coefficient (Wildman–Crippen LogP) is 4.15. The molecule has 0 fully saturated rings. The first kappa shape index (κ1) is 14.7. The molecule has 20 heavy (non-hydrogen) atoms. The van der Waals surface area contributed by atoms with E-state index in [9.17, 15) is 8.78 Å². The first-order valence-electron chi connectivity index (χ1n) is 5.50. The monoisotopic (exact) mass is 317 g/mol. The standard InChI is InChI=1S/C12H10ClF2N3OS/c1-7-6-20-12(17-7)18-16-5-8-4-9(13)2-3-10(8)19-11(14)15/h2-6,11H,1H3,(H,17,18). The Morgan fingerprint density at radius 3 is 2.95 bits per heavy atom. The smallest absolute Gasteiger partial charge is 0.387 e. The second-order valence-electron chi connectivity index (χ2n) is 3.72. The number of rotatable bonds is 5. The van der Waals surface area contributed by atoms with E-state index in [-0.39, 0.29) is 5.75 Å². The number of aromatic nitrogens is 1. The van der Waals surface area contributed by atoms with Crippen LogP contribution in [0.5, 0.6) is 5.75 Å². The number of nitrogens with one attached hydrogen (secondary N) is 1. The maximum atomic E-state index is 12.3. The van der Waals surface area contributed by atoms with Gasteiger partial charge in [0.1, 0.15) is 5.75 Å². The number of anilines is 1. The number of alkyl halides is 2. The lowest BCUT2D eigenvalue weighted by Gasteiger charge is -2.07. The van der Waals surface area contributed by atoms with Crippen molar-refractivity contribution in [2.75, 3.05) is 5.43 Å². The molecule has 0 saturated heterocycles. The van der Waals surface area contributed by atoms with Gasteiger partial charge in [0.2, 0.25) is 5.13 Å². The van der Waals surface area contributed by atoms with Gasteiger partial charge in [-0.15, -0.1) is 11.3 Å². The Morgan fingerprint density at radius 2 is 2.30 bits per heavy atom. The third kappa shape index (κ3) is 4.14. The van der Waals surface area contributed by atoms with Gasteiger partial charge in [-0.3, -0.25) is 5.43 Å². The Balaban J connectivity index is 2.12. The summed E-state index contributed by atoms with van der Waals surface area (Å²) in [6.07, 6.45) is 1.35. The molecule has 2 aromatic rings. The van der Waals surface area contributed by atoms with E-state index in [4.69, 9.17) is 11.6 Å². The molecule has 8 heteroatoms. The maximum absolute atomic E-state index is 12.3. The Labute approximate surface area is 123 Å². The zero-order valence-electron chi connectivity index (χ0n) is 10.3. The highest BCUT2D eigenvalue weighted by Gasteiger charge is 2.09. The largest absolute Gasteiger partial charge is 0.434 e. The summed E-state index contributed by atoms with van der Waals surface area (Å²) in [5.74, 6) is 0.00488. The second-order valence-corrected chi connectivity index (χ2v) is 5.02. The molecule has 0 aliphatic rings. The fraction of sp³-hybridized carbons (Fsp3) is 0.167. The van der Waals surface area contributed by atoms with Gasteiger partial charge in [-0.05, 0) is 25.1 Å². The van der Waals surface area contributed by atoms with Gasteiger partial charge in [0, 0.05) is 16.0 Å². The molecule has 2 rings (SSSR count). The van der Waals surface area contributed by atoms with Crippen LogP contribution in [-0.2, 0) is 0 Å². The van der Waals surface area contributed by atoms with Gasteiger partial charge in [0.25, 0.3) is 0 Å². The summed E-state index contributed by atoms with van der Waals surface area (Å²) in [5, 5.41) is 6.80. The highest BCUT2D eigenvalue weighted by atomic mass is 35.5. The second kappa shape index (κ2) is 6.62. The van der Waals surface area contributed by atoms with Gasteiger partial charge in [0.05, 0.1) is 11.9 Å². The van der Waals surface area contributed by atoms with Crippen molar-refractivity contribution in [3.8, 4) is 5.75 Å². The summed E-state index contributed by atoms with van der Waals surface area (Å²) >= 11 is 7.21. The van der Waals surface area contributed by atoms with Crippen LogP contribution in [0.3, 0.4) is 0 Å². The first-order chi connectivity index (χ1) is 9.54. The minimum Gasteiger partial charge on any atom is -0.434 e. The number of hydrazone groups is 1. The van der Waals surface area contributed by atoms with Crippen LogP contribution >= 0.6 is 22.9 Å². The summed E-state index contributed by atoms with van der Waals surface area (Å²) in [5.41, 5.74) is 3.92. The lowest BCUT2D eigenvalue weighted by Crippen LogP contribution is -2.04. The topological polar surface area (TPSA) is 46.5 Å².